The number of nitrogens with zero attached hydrogens (tertiary/aromatic N) is 1. The van der Waals surface area contributed by atoms with Crippen LogP contribution in [-0.4, -0.2) is 29.1 Å². The lowest BCUT2D eigenvalue weighted by Crippen LogP contribution is -2.38. The predicted octanol–water partition coefficient (Wildman–Crippen LogP) is 3.42. The molecule has 1 heterocycles. The van der Waals surface area contributed by atoms with E-state index in [9.17, 15) is 0 Å². The molecular weight excluding hydrogens is 328 g/mol. The van der Waals surface area contributed by atoms with Gasteiger partial charge in [-0.3, -0.25) is 0 Å². The van der Waals surface area contributed by atoms with E-state index in [4.69, 9.17) is 18.0 Å². The summed E-state index contributed by atoms with van der Waals surface area (Å²) in [5.41, 5.74) is 7.98. The Kier molecular flexibility index (Phi) is 4.92. The van der Waals surface area contributed by atoms with Crippen LogP contribution in [0.25, 0.3) is 0 Å². The molecule has 1 saturated heterocycles. The molecule has 5 heteroatoms. The second kappa shape index (κ2) is 6.26. The first-order chi connectivity index (χ1) is 8.61. The number of rotatable bonds is 3. The van der Waals surface area contributed by atoms with Gasteiger partial charge in [0, 0.05) is 39.8 Å². The molecule has 18 heavy (non-hydrogen) atoms. The van der Waals surface area contributed by atoms with Gasteiger partial charge in [0.25, 0.3) is 0 Å². The largest absolute Gasteiger partial charge is 0.389 e. The van der Waals surface area contributed by atoms with Crippen LogP contribution in [0.3, 0.4) is 0 Å². The number of halogens is 1. The van der Waals surface area contributed by atoms with Crippen LogP contribution in [0.5, 0.6) is 0 Å². The van der Waals surface area contributed by atoms with Crippen molar-refractivity contribution in [3.8, 4) is 0 Å². The molecular formula is C13H17BrN2S2. The maximum atomic E-state index is 5.84. The van der Waals surface area contributed by atoms with Crippen LogP contribution >= 0.6 is 39.9 Å². The van der Waals surface area contributed by atoms with Crippen LogP contribution in [0.2, 0.25) is 0 Å². The second-order valence-electron chi connectivity index (χ2n) is 4.37. The third kappa shape index (κ3) is 3.19. The van der Waals surface area contributed by atoms with Crippen molar-refractivity contribution in [2.45, 2.75) is 18.6 Å². The molecule has 0 amide bonds. The molecule has 98 valence electrons. The van der Waals surface area contributed by atoms with E-state index < -0.39 is 0 Å². The Morgan fingerprint density at radius 3 is 3.06 bits per heavy atom. The van der Waals surface area contributed by atoms with E-state index in [1.807, 2.05) is 6.07 Å². The van der Waals surface area contributed by atoms with Crippen LogP contribution in [0.4, 0.5) is 5.69 Å². The van der Waals surface area contributed by atoms with Crippen molar-refractivity contribution in [3.05, 3.63) is 28.2 Å². The van der Waals surface area contributed by atoms with Gasteiger partial charge in [0.1, 0.15) is 4.99 Å². The first-order valence-electron chi connectivity index (χ1n) is 6.07. The zero-order valence-electron chi connectivity index (χ0n) is 10.4. The molecule has 0 bridgehead atoms. The van der Waals surface area contributed by atoms with Gasteiger partial charge in [-0.15, -0.1) is 0 Å². The average molecular weight is 345 g/mol. The Morgan fingerprint density at radius 2 is 2.39 bits per heavy atom. The molecule has 2 nitrogen and oxygen atoms in total. The van der Waals surface area contributed by atoms with Gasteiger partial charge in [-0.25, -0.2) is 0 Å². The fourth-order valence-electron chi connectivity index (χ4n) is 2.17. The fraction of sp³-hybridized carbons (Fsp3) is 0.462. The summed E-state index contributed by atoms with van der Waals surface area (Å²) >= 11 is 10.7. The van der Waals surface area contributed by atoms with Crippen molar-refractivity contribution in [2.24, 2.45) is 5.73 Å². The predicted molar refractivity (Wildman–Crippen MR) is 88.8 cm³/mol. The van der Waals surface area contributed by atoms with Gasteiger partial charge >= 0.3 is 0 Å². The van der Waals surface area contributed by atoms with Crippen LogP contribution in [0.15, 0.2) is 22.7 Å². The van der Waals surface area contributed by atoms with Crippen molar-refractivity contribution in [1.29, 1.82) is 0 Å². The number of benzene rings is 1. The number of hydrogen-bond acceptors (Lipinski definition) is 3. The number of thiocarbonyl (C=S) groups is 1. The summed E-state index contributed by atoms with van der Waals surface area (Å²) in [5, 5.41) is 0.710. The highest BCUT2D eigenvalue weighted by Gasteiger charge is 2.21. The van der Waals surface area contributed by atoms with Crippen molar-refractivity contribution < 1.29 is 0 Å². The van der Waals surface area contributed by atoms with E-state index in [2.05, 4.69) is 51.6 Å². The zero-order valence-corrected chi connectivity index (χ0v) is 13.6. The van der Waals surface area contributed by atoms with E-state index in [-0.39, 0.29) is 0 Å². The molecule has 1 atom stereocenters. The topological polar surface area (TPSA) is 29.3 Å². The number of anilines is 1. The van der Waals surface area contributed by atoms with Gasteiger partial charge in [-0.1, -0.05) is 35.1 Å². The summed E-state index contributed by atoms with van der Waals surface area (Å²) in [6.07, 6.45) is 1.21. The monoisotopic (exact) mass is 344 g/mol. The summed E-state index contributed by atoms with van der Waals surface area (Å²) in [5.74, 6) is 1.17. The maximum Gasteiger partial charge on any atom is 0.106 e. The van der Waals surface area contributed by atoms with Gasteiger partial charge in [0.15, 0.2) is 0 Å². The lowest BCUT2D eigenvalue weighted by Gasteiger charge is -2.34. The average Bonchev–Trinajstić information content (AvgIpc) is 2.38. The smallest absolute Gasteiger partial charge is 0.106 e. The van der Waals surface area contributed by atoms with Gasteiger partial charge in [-0.05, 0) is 24.6 Å². The van der Waals surface area contributed by atoms with Crippen LogP contribution in [0, 0.1) is 0 Å². The van der Waals surface area contributed by atoms with Gasteiger partial charge in [0.2, 0.25) is 0 Å². The minimum absolute atomic E-state index is 0.470. The molecule has 0 aromatic heterocycles. The summed E-state index contributed by atoms with van der Waals surface area (Å²) in [7, 11) is 0. The molecule has 1 aliphatic heterocycles. The Balaban J connectivity index is 2.29. The Labute approximate surface area is 126 Å². The normalized spacial score (nSPS) is 19.9. The lowest BCUT2D eigenvalue weighted by molar-refractivity contribution is 0.728. The Bertz CT molecular complexity index is 451. The van der Waals surface area contributed by atoms with E-state index in [0.717, 1.165) is 23.1 Å². The molecule has 1 aliphatic rings. The van der Waals surface area contributed by atoms with E-state index >= 15 is 0 Å². The molecule has 0 spiro atoms. The molecule has 2 N–H and O–H groups in total. The molecule has 0 saturated carbocycles. The Hall–Kier alpha value is -0.260. The number of thioether (sulfide) groups is 1. The number of hydrogen-bond donors (Lipinski definition) is 1. The highest BCUT2D eigenvalue weighted by Crippen LogP contribution is 2.30. The molecule has 1 aromatic rings. The highest BCUT2D eigenvalue weighted by atomic mass is 79.9. The molecule has 2 rings (SSSR count). The van der Waals surface area contributed by atoms with Gasteiger partial charge in [-0.2, -0.15) is 11.8 Å². The summed E-state index contributed by atoms with van der Waals surface area (Å²) in [4.78, 5) is 2.88. The molecule has 0 radical (unpaired) electrons. The fourth-order valence-corrected chi connectivity index (χ4v) is 3.87. The van der Waals surface area contributed by atoms with Gasteiger partial charge < -0.3 is 10.6 Å². The number of nitrogens with two attached hydrogens (primary N) is 1. The molecule has 0 aliphatic carbocycles. The summed E-state index contributed by atoms with van der Waals surface area (Å²) in [6.45, 7) is 4.40. The first kappa shape index (κ1) is 14.2. The first-order valence-corrected chi connectivity index (χ1v) is 8.32. The third-order valence-electron chi connectivity index (χ3n) is 3.16. The van der Waals surface area contributed by atoms with E-state index in [1.54, 1.807) is 0 Å². The summed E-state index contributed by atoms with van der Waals surface area (Å²) in [6, 6.07) is 6.18. The summed E-state index contributed by atoms with van der Waals surface area (Å²) < 4.78 is 1.02. The van der Waals surface area contributed by atoms with E-state index in [0.29, 0.717) is 10.2 Å². The van der Waals surface area contributed by atoms with Crippen molar-refractivity contribution in [1.82, 2.24) is 0 Å². The van der Waals surface area contributed by atoms with Crippen LogP contribution < -0.4 is 10.6 Å². The minimum atomic E-state index is 0.470. The Morgan fingerprint density at radius 1 is 1.61 bits per heavy atom. The third-order valence-corrected chi connectivity index (χ3v) is 5.24. The molecule has 1 fully saturated rings. The quantitative estimate of drug-likeness (QED) is 0.850. The van der Waals surface area contributed by atoms with Crippen LogP contribution in [-0.2, 0) is 0 Å². The standard InChI is InChI=1S/C13H17BrN2S2/c1-2-10-8-16(5-6-18-10)12-4-3-9(14)7-11(12)13(15)17/h3-4,7,10H,2,5-6,8H2,1H3,(H2,15,17). The van der Waals surface area contributed by atoms with Crippen molar-refractivity contribution in [3.63, 3.8) is 0 Å². The second-order valence-corrected chi connectivity index (χ2v) is 7.14. The van der Waals surface area contributed by atoms with E-state index in [1.165, 1.54) is 17.9 Å². The highest BCUT2D eigenvalue weighted by molar-refractivity contribution is 9.10. The molecule has 1 aromatic carbocycles. The SMILES string of the molecule is CCC1CN(c2ccc(Br)cc2C(N)=S)CCS1. The zero-order chi connectivity index (χ0) is 13.1. The molecule has 1 unspecified atom stereocenters. The van der Waals surface area contributed by atoms with Crippen LogP contribution in [0.1, 0.15) is 18.9 Å². The van der Waals surface area contributed by atoms with Gasteiger partial charge in [0.05, 0.1) is 0 Å². The maximum absolute atomic E-state index is 5.84. The lowest BCUT2D eigenvalue weighted by atomic mass is 10.1. The van der Waals surface area contributed by atoms with Crippen molar-refractivity contribution in [2.75, 3.05) is 23.7 Å². The van der Waals surface area contributed by atoms with Crippen molar-refractivity contribution >= 4 is 50.6 Å². The minimum Gasteiger partial charge on any atom is -0.389 e.